The van der Waals surface area contributed by atoms with Gasteiger partial charge in [0.05, 0.1) is 0 Å². The monoisotopic (exact) mass is 1850 g/mol. The zero-order chi connectivity index (χ0) is 79.8. The van der Waals surface area contributed by atoms with Crippen LogP contribution in [0, 0.1) is 0 Å². The van der Waals surface area contributed by atoms with E-state index in [4.69, 9.17) is 125 Å². The molecule has 12 aromatic carbocycles. The molecule has 12 rings (SSSR count). The van der Waals surface area contributed by atoms with E-state index in [9.17, 15) is 47.7 Å². The molecule has 5 N–H and O–H groups in total. The fourth-order valence-electron chi connectivity index (χ4n) is 7.81. The molecule has 0 bridgehead atoms. The van der Waals surface area contributed by atoms with Crippen LogP contribution in [0.3, 0.4) is 0 Å². The summed E-state index contributed by atoms with van der Waals surface area (Å²) in [5, 5.41) is 44.3. The number of carbonyl (C=O) groups excluding carboxylic acids is 4. The standard InChI is InChI=1S/C25H18O9P2.C13H8Cl4O7P2.C13H10O5.C13H10O3.C6H6O2.C6H6O.CH4.4ClH.Mg/c26-25(29-21-13-7-15-23(17-21)33-35(27)31-19-9-3-1-4-10-19)30-22-14-8-16-24(18-22)34-36(28)32-20-11-5-2-6-12-20;14-25(15,19)23-11-5-1-3-9(7-11)21-13(18)22-10-4-2-6-12(8-10)24-26(16,17)20;14-9-3-1-5-11(7-9)17-13(16)18-12-6-2-4-10(15)8-12;14-13(15-11-7-3-1-4-8-11)16-12-9-5-2-6-10-12;7-5-2-1-3-6(8)4-5;7-6-4-2-1-3-5-6;;;;;;/h1-18H;1-8H;1-8,14-15H;1-10H;1-4,7-8H;1-5,7H;1H4;4*1H;/q+2;;;;;;;;;;;+2/p-2. The van der Waals surface area contributed by atoms with Crippen LogP contribution in [-0.2, 0) is 18.3 Å². The van der Waals surface area contributed by atoms with Gasteiger partial charge in [0.25, 0.3) is 0 Å². The predicted molar refractivity (Wildman–Crippen MR) is 437 cm³/mol. The molecule has 27 nitrogen and oxygen atoms in total. The van der Waals surface area contributed by atoms with E-state index in [0.29, 0.717) is 28.7 Å². The van der Waals surface area contributed by atoms with Crippen LogP contribution in [0.5, 0.6) is 109 Å². The molecule has 0 aliphatic rings. The summed E-state index contributed by atoms with van der Waals surface area (Å²) in [7, 11) is -5.01. The van der Waals surface area contributed by atoms with Gasteiger partial charge in [0.15, 0.2) is 23.0 Å². The van der Waals surface area contributed by atoms with Crippen molar-refractivity contribution in [1.29, 1.82) is 0 Å². The zero-order valence-electron chi connectivity index (χ0n) is 58.9. The summed E-state index contributed by atoms with van der Waals surface area (Å²) in [6.45, 7) is 0. The van der Waals surface area contributed by atoms with E-state index in [1.807, 2.05) is 18.2 Å². The molecule has 2 atom stereocenters. The predicted octanol–water partition coefficient (Wildman–Crippen LogP) is 18.2. The maximum atomic E-state index is 12.2. The van der Waals surface area contributed by atoms with E-state index in [1.165, 1.54) is 152 Å². The van der Waals surface area contributed by atoms with Crippen LogP contribution in [0.25, 0.3) is 0 Å². The molecule has 2 unspecified atom stereocenters. The molecule has 0 saturated heterocycles. The third-order valence-corrected chi connectivity index (χ3v) is 15.3. The SMILES string of the molecule is C.Cl.Cl.O=C(Oc1cccc(O)c1)Oc1cccc(O)c1.O=C(Oc1cccc(OP(=O)(Cl)Cl)c1)Oc1cccc(OP(=O)(Cl)Cl)c1.O=C(Oc1cccc(O[P+](=O)Oc2ccccc2)c1)Oc1cccc(O[P+](=O)Oc2ccccc2)c1.O=C(Oc1ccccc1)Oc1ccccc1.Oc1cccc(O)c1.Oc1ccccc1.[Cl-].[Cl-].[Mg+2]. The number of rotatable bonds is 20. The van der Waals surface area contributed by atoms with Crippen LogP contribution in [-0.4, -0.2) is 73.2 Å². The second-order valence-electron chi connectivity index (χ2n) is 20.6. The van der Waals surface area contributed by atoms with Crippen molar-refractivity contribution >= 4 is 146 Å². The Kier molecular flexibility index (Phi) is 49.7. The number of ether oxygens (including phenoxy) is 8. The van der Waals surface area contributed by atoms with E-state index in [1.54, 1.807) is 152 Å². The number of phenols is 5. The topological polar surface area (TPSA) is 367 Å². The number of hydrogen-bond acceptors (Lipinski definition) is 27. The quantitative estimate of drug-likeness (QED) is 0.0205. The average Bonchev–Trinajstić information content (AvgIpc) is 0.868. The minimum Gasteiger partial charge on any atom is -1.00 e. The molecule has 0 saturated carbocycles. The molecule has 0 amide bonds. The first-order valence-corrected chi connectivity index (χ1v) is 40.3. The summed E-state index contributed by atoms with van der Waals surface area (Å²) in [4.78, 5) is 46.8. The van der Waals surface area contributed by atoms with Crippen LogP contribution < -0.4 is 89.9 Å². The van der Waals surface area contributed by atoms with Crippen molar-refractivity contribution in [2.24, 2.45) is 0 Å². The Labute approximate surface area is 731 Å². The van der Waals surface area contributed by atoms with Crippen LogP contribution >= 0.6 is 98.4 Å². The maximum absolute atomic E-state index is 12.2. The maximum Gasteiger partial charge on any atom is 2.00 e. The fourth-order valence-corrected chi connectivity index (χ4v) is 10.7. The van der Waals surface area contributed by atoms with Crippen LogP contribution in [0.1, 0.15) is 7.43 Å². The third-order valence-electron chi connectivity index (χ3n) is 12.2. The van der Waals surface area contributed by atoms with Gasteiger partial charge in [-0.05, 0) is 146 Å². The van der Waals surface area contributed by atoms with E-state index in [0.717, 1.165) is 0 Å². The Bertz CT molecular complexity index is 4820. The second kappa shape index (κ2) is 55.8. The molecule has 117 heavy (non-hydrogen) atoms. The number of phenolic OH excluding ortho intramolecular Hbond substituents is 5. The van der Waals surface area contributed by atoms with Crippen molar-refractivity contribution < 1.29 is 153 Å². The summed E-state index contributed by atoms with van der Waals surface area (Å²) < 4.78 is 117. The second-order valence-corrected chi connectivity index (χ2v) is 30.7. The Balaban J connectivity index is 0.000000746. The minimum absolute atomic E-state index is 0. The number of aromatic hydroxyl groups is 5. The first kappa shape index (κ1) is 104. The van der Waals surface area contributed by atoms with Crippen LogP contribution in [0.4, 0.5) is 19.2 Å². The van der Waals surface area contributed by atoms with E-state index in [-0.39, 0.29) is 161 Å². The largest absolute Gasteiger partial charge is 2.00 e. The van der Waals surface area contributed by atoms with Crippen molar-refractivity contribution in [3.8, 4) is 109 Å². The van der Waals surface area contributed by atoms with Crippen molar-refractivity contribution in [2.45, 2.75) is 7.43 Å². The normalized spacial score (nSPS) is 9.88. The molecule has 610 valence electrons. The molecule has 0 aliphatic heterocycles. The Morgan fingerprint density at radius 1 is 0.248 bits per heavy atom. The number of hydrogen-bond donors (Lipinski definition) is 5. The molecule has 0 aliphatic carbocycles. The van der Waals surface area contributed by atoms with E-state index < -0.39 is 53.3 Å². The van der Waals surface area contributed by atoms with Gasteiger partial charge in [-0.25, -0.2) is 46.4 Å². The molecule has 0 heterocycles. The van der Waals surface area contributed by atoms with Crippen molar-refractivity contribution in [1.82, 2.24) is 0 Å². The number of para-hydroxylation sites is 5. The molecule has 12 aromatic rings. The van der Waals surface area contributed by atoms with E-state index in [2.05, 4.69) is 0 Å². The molecular formula is C77H64Cl8MgO27P4+2. The van der Waals surface area contributed by atoms with Gasteiger partial charge in [0, 0.05) is 96.6 Å². The Morgan fingerprint density at radius 2 is 0.427 bits per heavy atom. The van der Waals surface area contributed by atoms with Gasteiger partial charge < -0.3 is 97.3 Å². The van der Waals surface area contributed by atoms with Gasteiger partial charge in [-0.2, -0.15) is 0 Å². The Morgan fingerprint density at radius 3 is 0.667 bits per heavy atom. The van der Waals surface area contributed by atoms with Crippen LogP contribution in [0.15, 0.2) is 322 Å². The van der Waals surface area contributed by atoms with Gasteiger partial charge >= 0.3 is 76.3 Å². The van der Waals surface area contributed by atoms with Crippen molar-refractivity contribution in [3.63, 3.8) is 0 Å². The molecule has 0 aromatic heterocycles. The summed E-state index contributed by atoms with van der Waals surface area (Å²) in [6, 6.07) is 83.6. The summed E-state index contributed by atoms with van der Waals surface area (Å²) in [5.74, 6) is 3.09. The van der Waals surface area contributed by atoms with Crippen LogP contribution in [0.2, 0.25) is 0 Å². The van der Waals surface area contributed by atoms with Gasteiger partial charge in [-0.15, -0.1) is 24.8 Å². The van der Waals surface area contributed by atoms with Gasteiger partial charge in [-0.3, -0.25) is 0 Å². The Hall–Kier alpha value is -10.7. The molecule has 0 spiro atoms. The minimum atomic E-state index is -3.80. The smallest absolute Gasteiger partial charge is 1.00 e. The van der Waals surface area contributed by atoms with Crippen molar-refractivity contribution in [3.05, 3.63) is 322 Å². The molecule has 0 fully saturated rings. The van der Waals surface area contributed by atoms with Gasteiger partial charge in [0.1, 0.15) is 86.2 Å². The molecular weight excluding hydrogens is 1790 g/mol. The average molecular weight is 1850 g/mol. The summed E-state index contributed by atoms with van der Waals surface area (Å²) in [6.07, 6.45) is -11.4. The zero-order valence-corrected chi connectivity index (χ0v) is 70.1. The van der Waals surface area contributed by atoms with E-state index >= 15 is 0 Å². The number of carbonyl (C=O) groups is 4. The van der Waals surface area contributed by atoms with Gasteiger partial charge in [-0.1, -0.05) is 141 Å². The number of halogens is 8. The summed E-state index contributed by atoms with van der Waals surface area (Å²) >= 11 is 21.2. The first-order valence-electron chi connectivity index (χ1n) is 31.2. The third kappa shape index (κ3) is 45.4. The molecule has 0 radical (unpaired) electrons. The fraction of sp³-hybridized carbons (Fsp3) is 0.0130. The van der Waals surface area contributed by atoms with Crippen molar-refractivity contribution in [2.75, 3.05) is 0 Å². The molecule has 40 heteroatoms. The first-order chi connectivity index (χ1) is 53.2. The van der Waals surface area contributed by atoms with Gasteiger partial charge in [0.2, 0.25) is 0 Å². The summed E-state index contributed by atoms with van der Waals surface area (Å²) in [5.41, 5.74) is 0. The number of benzene rings is 12.